The number of ether oxygens (including phenoxy) is 3. The molecule has 2 atom stereocenters. The van der Waals surface area contributed by atoms with Crippen LogP contribution in [0.4, 0.5) is 21.2 Å². The van der Waals surface area contributed by atoms with Crippen molar-refractivity contribution >= 4 is 47.3 Å². The first-order valence-corrected chi connectivity index (χ1v) is 19.2. The maximum Gasteiger partial charge on any atom is 0.408 e. The predicted octanol–water partition coefficient (Wildman–Crippen LogP) is 5.29. The van der Waals surface area contributed by atoms with Crippen molar-refractivity contribution in [2.75, 3.05) is 0 Å². The van der Waals surface area contributed by atoms with E-state index in [1.54, 1.807) is 67.5 Å². The number of imidazole rings is 2. The summed E-state index contributed by atoms with van der Waals surface area (Å²) in [7, 11) is 0. The van der Waals surface area contributed by atoms with Crippen LogP contribution in [0.2, 0.25) is 0 Å². The smallest absolute Gasteiger partial charge is 0.408 e. The number of benzene rings is 1. The zero-order valence-corrected chi connectivity index (χ0v) is 35.5. The van der Waals surface area contributed by atoms with Crippen molar-refractivity contribution in [3.05, 3.63) is 80.2 Å². The van der Waals surface area contributed by atoms with Crippen LogP contribution in [0.3, 0.4) is 0 Å². The molecule has 1 aromatic carbocycles. The highest BCUT2D eigenvalue weighted by Crippen LogP contribution is 2.17. The number of rotatable bonds is 20. The Balaban J connectivity index is 0.000000432. The van der Waals surface area contributed by atoms with Crippen molar-refractivity contribution in [3.8, 4) is 0 Å². The third kappa shape index (κ3) is 18.8. The fourth-order valence-corrected chi connectivity index (χ4v) is 5.46. The second-order valence-electron chi connectivity index (χ2n) is 15.6. The average molecular weight is 859 g/mol. The SMILES string of the molecule is Cc1ncc([N+](=O)[O-])n1CCCC(=O)C(CC(=O)O)NC(=O)OC(C)(C)C.Cc1ncc([N+](=O)[O-])n1CCCC(=O)C(CC(=O)OCc1ccccc1)NC(=O)OC(C)(C)C. The number of esters is 1. The quantitative estimate of drug-likeness (QED) is 0.0562. The number of aromatic nitrogens is 4. The molecule has 2 heterocycles. The van der Waals surface area contributed by atoms with Crippen LogP contribution in [0.25, 0.3) is 0 Å². The molecule has 3 N–H and O–H groups in total. The topological polar surface area (TPSA) is 296 Å². The van der Waals surface area contributed by atoms with Crippen molar-refractivity contribution in [2.45, 2.75) is 137 Å². The molecule has 22 nitrogen and oxygen atoms in total. The molecule has 0 aliphatic rings. The number of ketones is 2. The minimum atomic E-state index is -1.24. The fourth-order valence-electron chi connectivity index (χ4n) is 5.46. The summed E-state index contributed by atoms with van der Waals surface area (Å²) in [5.41, 5.74) is -0.793. The molecule has 0 aliphatic heterocycles. The molecule has 0 radical (unpaired) electrons. The molecule has 61 heavy (non-hydrogen) atoms. The highest BCUT2D eigenvalue weighted by Gasteiger charge is 2.29. The summed E-state index contributed by atoms with van der Waals surface area (Å²) in [4.78, 5) is 101. The van der Waals surface area contributed by atoms with E-state index in [1.165, 1.54) is 9.13 Å². The van der Waals surface area contributed by atoms with Gasteiger partial charge in [0.25, 0.3) is 0 Å². The Kier molecular flexibility index (Phi) is 19.1. The first-order valence-electron chi connectivity index (χ1n) is 19.2. The van der Waals surface area contributed by atoms with Crippen molar-refractivity contribution in [1.82, 2.24) is 29.7 Å². The Morgan fingerprint density at radius 1 is 0.721 bits per heavy atom. The number of carboxylic acids is 1. The molecule has 3 rings (SSSR count). The van der Waals surface area contributed by atoms with Gasteiger partial charge in [-0.3, -0.25) is 19.2 Å². The van der Waals surface area contributed by atoms with Crippen molar-refractivity contribution in [3.63, 3.8) is 0 Å². The van der Waals surface area contributed by atoms with Gasteiger partial charge in [0.05, 0.1) is 25.9 Å². The van der Waals surface area contributed by atoms with Crippen LogP contribution in [0.5, 0.6) is 0 Å². The molecule has 0 spiro atoms. The summed E-state index contributed by atoms with van der Waals surface area (Å²) in [6, 6.07) is 6.66. The van der Waals surface area contributed by atoms with Crippen LogP contribution in [0, 0.1) is 34.1 Å². The molecular formula is C39H54N8O14. The lowest BCUT2D eigenvalue weighted by Gasteiger charge is -2.23. The lowest BCUT2D eigenvalue weighted by atomic mass is 10.0. The normalized spacial score (nSPS) is 12.1. The van der Waals surface area contributed by atoms with Crippen LogP contribution < -0.4 is 10.6 Å². The standard InChI is InChI=1S/C23H30N4O7.C16H24N4O7/c1-16-24-14-20(27(31)32)26(16)12-8-11-19(28)18(25-22(30)34-23(2,3)4)13-21(29)33-15-17-9-6-5-7-10-17;1-10-17-9-13(20(25)26)19(10)7-5-6-12(21)11(8-14(22)23)18-15(24)27-16(2,3)4/h5-7,9-10,14,18H,8,11-13,15H2,1-4H3,(H,25,30);9,11H,5-8H2,1-4H3,(H,18,24)(H,22,23). The predicted molar refractivity (Wildman–Crippen MR) is 215 cm³/mol. The van der Waals surface area contributed by atoms with Gasteiger partial charge < -0.3 is 50.2 Å². The highest BCUT2D eigenvalue weighted by atomic mass is 16.6. The zero-order valence-electron chi connectivity index (χ0n) is 35.5. The molecule has 0 saturated heterocycles. The molecule has 0 aliphatic carbocycles. The molecule has 3 aromatic rings. The molecule has 0 bridgehead atoms. The second kappa shape index (κ2) is 23.2. The number of carboxylic acid groups (broad SMARTS) is 1. The van der Waals surface area contributed by atoms with Gasteiger partial charge in [-0.15, -0.1) is 0 Å². The third-order valence-corrected chi connectivity index (χ3v) is 8.20. The number of carbonyl (C=O) groups is 6. The number of hydrogen-bond acceptors (Lipinski definition) is 15. The number of Topliss-reactive ketones (excluding diaryl/α,β-unsaturated/α-hetero) is 2. The number of aliphatic carboxylic acids is 1. The van der Waals surface area contributed by atoms with E-state index in [4.69, 9.17) is 19.3 Å². The molecular weight excluding hydrogens is 804 g/mol. The van der Waals surface area contributed by atoms with Crippen LogP contribution in [-0.2, 0) is 53.1 Å². The number of aryl methyl sites for hydroxylation is 2. The van der Waals surface area contributed by atoms with E-state index >= 15 is 0 Å². The number of nitrogens with zero attached hydrogens (tertiary/aromatic N) is 6. The molecule has 22 heteroatoms. The van der Waals surface area contributed by atoms with Crippen LogP contribution in [0.1, 0.15) is 97.3 Å². The highest BCUT2D eigenvalue weighted by molar-refractivity contribution is 5.91. The number of nitrogens with one attached hydrogen (secondary N) is 2. The second-order valence-corrected chi connectivity index (χ2v) is 15.6. The summed E-state index contributed by atoms with van der Waals surface area (Å²) >= 11 is 0. The van der Waals surface area contributed by atoms with Gasteiger partial charge in [0.2, 0.25) is 0 Å². The molecule has 0 saturated carbocycles. The van der Waals surface area contributed by atoms with Gasteiger partial charge in [0.1, 0.15) is 42.3 Å². The summed E-state index contributed by atoms with van der Waals surface area (Å²) < 4.78 is 18.3. The summed E-state index contributed by atoms with van der Waals surface area (Å²) in [5.74, 6) is -2.28. The van der Waals surface area contributed by atoms with Crippen LogP contribution in [-0.4, -0.2) is 93.0 Å². The Hall–Kier alpha value is -6.74. The van der Waals surface area contributed by atoms with Gasteiger partial charge in [-0.1, -0.05) is 30.3 Å². The monoisotopic (exact) mass is 858 g/mol. The van der Waals surface area contributed by atoms with Crippen molar-refractivity contribution in [1.29, 1.82) is 0 Å². The van der Waals surface area contributed by atoms with E-state index in [0.717, 1.165) is 18.0 Å². The number of nitro groups is 2. The van der Waals surface area contributed by atoms with Crippen molar-refractivity contribution < 1.29 is 57.9 Å². The Bertz CT molecular complexity index is 2010. The van der Waals surface area contributed by atoms with E-state index in [2.05, 4.69) is 20.6 Å². The molecule has 334 valence electrons. The van der Waals surface area contributed by atoms with Gasteiger partial charge in [0.15, 0.2) is 23.2 Å². The summed E-state index contributed by atoms with van der Waals surface area (Å²) in [5, 5.41) is 35.7. The first-order chi connectivity index (χ1) is 28.4. The number of carbonyl (C=O) groups excluding carboxylic acids is 5. The van der Waals surface area contributed by atoms with Gasteiger partial charge in [-0.2, -0.15) is 0 Å². The van der Waals surface area contributed by atoms with Gasteiger partial charge in [-0.05, 0) is 69.8 Å². The number of hydrogen-bond donors (Lipinski definition) is 3. The Labute approximate surface area is 351 Å². The molecule has 2 amide bonds. The fraction of sp³-hybridized carbons (Fsp3) is 0.538. The summed E-state index contributed by atoms with van der Waals surface area (Å²) in [6.45, 7) is 13.6. The van der Waals surface area contributed by atoms with Gasteiger partial charge in [-0.25, -0.2) is 28.7 Å². The van der Waals surface area contributed by atoms with Crippen LogP contribution in [0.15, 0.2) is 42.7 Å². The minimum Gasteiger partial charge on any atom is -0.481 e. The minimum absolute atomic E-state index is 0.0266. The average Bonchev–Trinajstić information content (AvgIpc) is 3.70. The van der Waals surface area contributed by atoms with E-state index < -0.39 is 75.2 Å². The van der Waals surface area contributed by atoms with Gasteiger partial charge in [0, 0.05) is 26.7 Å². The van der Waals surface area contributed by atoms with E-state index in [9.17, 15) is 49.0 Å². The van der Waals surface area contributed by atoms with Gasteiger partial charge >= 0.3 is 35.8 Å². The number of alkyl carbamates (subject to hydrolysis) is 2. The van der Waals surface area contributed by atoms with E-state index in [1.807, 2.05) is 18.2 Å². The maximum absolute atomic E-state index is 12.8. The maximum atomic E-state index is 12.8. The Morgan fingerprint density at radius 3 is 1.51 bits per heavy atom. The summed E-state index contributed by atoms with van der Waals surface area (Å²) in [6.07, 6.45) is 0.0133. The number of amides is 2. The molecule has 0 fully saturated rings. The van der Waals surface area contributed by atoms with Crippen molar-refractivity contribution in [2.24, 2.45) is 0 Å². The van der Waals surface area contributed by atoms with E-state index in [-0.39, 0.29) is 63.4 Å². The lowest BCUT2D eigenvalue weighted by Crippen LogP contribution is -2.44. The lowest BCUT2D eigenvalue weighted by molar-refractivity contribution is -0.392. The molecule has 2 unspecified atom stereocenters. The zero-order chi connectivity index (χ0) is 46.1. The molecule has 2 aromatic heterocycles. The van der Waals surface area contributed by atoms with Crippen LogP contribution >= 0.6 is 0 Å². The van der Waals surface area contributed by atoms with E-state index in [0.29, 0.717) is 11.6 Å². The Morgan fingerprint density at radius 2 is 1.13 bits per heavy atom. The largest absolute Gasteiger partial charge is 0.481 e. The first kappa shape index (κ1) is 50.4. The third-order valence-electron chi connectivity index (χ3n) is 8.20.